The van der Waals surface area contributed by atoms with E-state index >= 15 is 0 Å². The summed E-state index contributed by atoms with van der Waals surface area (Å²) in [4.78, 5) is 15.6. The lowest BCUT2D eigenvalue weighted by molar-refractivity contribution is -0.114. The molecule has 0 bridgehead atoms. The largest absolute Gasteiger partial charge is 0.390 e. The molecule has 0 radical (unpaired) electrons. The second-order valence-electron chi connectivity index (χ2n) is 9.73. The number of aliphatic hydroxyl groups is 1. The van der Waals surface area contributed by atoms with Crippen LogP contribution in [0.5, 0.6) is 0 Å². The number of amides is 1. The number of carbonyl (C=O) groups excluding carboxylic acids is 1. The lowest BCUT2D eigenvalue weighted by atomic mass is 10.1. The summed E-state index contributed by atoms with van der Waals surface area (Å²) in [6, 6.07) is 14.0. The highest BCUT2D eigenvalue weighted by atomic mass is 19.1. The number of benzene rings is 2. The van der Waals surface area contributed by atoms with Gasteiger partial charge in [0.1, 0.15) is 11.5 Å². The first-order valence-electron chi connectivity index (χ1n) is 13.1. The van der Waals surface area contributed by atoms with E-state index in [2.05, 4.69) is 15.3 Å². The van der Waals surface area contributed by atoms with Gasteiger partial charge in [-0.05, 0) is 50.7 Å². The molecule has 1 saturated heterocycles. The van der Waals surface area contributed by atoms with Crippen LogP contribution < -0.4 is 10.3 Å². The van der Waals surface area contributed by atoms with Crippen molar-refractivity contribution in [1.29, 1.82) is 0 Å². The van der Waals surface area contributed by atoms with Crippen molar-refractivity contribution in [1.82, 2.24) is 14.8 Å². The van der Waals surface area contributed by atoms with Crippen molar-refractivity contribution in [2.45, 2.75) is 26.0 Å². The number of hydrazone groups is 1. The third-order valence-electron chi connectivity index (χ3n) is 6.98. The van der Waals surface area contributed by atoms with Crippen molar-refractivity contribution in [3.8, 4) is 0 Å². The maximum atomic E-state index is 14.3. The number of halogens is 1. The van der Waals surface area contributed by atoms with Gasteiger partial charge in [0, 0.05) is 48.8 Å². The molecule has 200 valence electrons. The summed E-state index contributed by atoms with van der Waals surface area (Å²) in [5, 5.41) is 20.5. The van der Waals surface area contributed by atoms with Gasteiger partial charge in [-0.1, -0.05) is 30.3 Å². The Bertz CT molecular complexity index is 1340. The quantitative estimate of drug-likeness (QED) is 0.318. The first-order chi connectivity index (χ1) is 18.5. The molecular weight excluding hydrogens is 485 g/mol. The number of morpholine rings is 1. The summed E-state index contributed by atoms with van der Waals surface area (Å²) in [6.07, 6.45) is 4.21. The average Bonchev–Trinajstić information content (AvgIpc) is 3.41. The Morgan fingerprint density at radius 3 is 2.74 bits per heavy atom. The van der Waals surface area contributed by atoms with Gasteiger partial charge in [-0.3, -0.25) is 9.69 Å². The predicted octanol–water partition coefficient (Wildman–Crippen LogP) is 3.26. The van der Waals surface area contributed by atoms with Crippen molar-refractivity contribution >= 4 is 34.3 Å². The summed E-state index contributed by atoms with van der Waals surface area (Å²) in [5.41, 5.74) is 2.88. The van der Waals surface area contributed by atoms with Crippen LogP contribution in [-0.4, -0.2) is 78.2 Å². The third-order valence-corrected chi connectivity index (χ3v) is 6.98. The molecular formula is C29H34FN5O3. The van der Waals surface area contributed by atoms with Crippen molar-refractivity contribution in [2.75, 3.05) is 50.9 Å². The van der Waals surface area contributed by atoms with Crippen LogP contribution in [0.1, 0.15) is 18.9 Å². The molecule has 1 atom stereocenters. The van der Waals surface area contributed by atoms with Gasteiger partial charge in [0.25, 0.3) is 5.91 Å². The van der Waals surface area contributed by atoms with E-state index in [0.29, 0.717) is 24.4 Å². The molecule has 1 amide bonds. The zero-order chi connectivity index (χ0) is 26.5. The average molecular weight is 520 g/mol. The number of aliphatic hydroxyl groups excluding tert-OH is 1. The van der Waals surface area contributed by atoms with Crippen LogP contribution in [0.15, 0.2) is 65.4 Å². The van der Waals surface area contributed by atoms with Gasteiger partial charge in [-0.15, -0.1) is 0 Å². The number of hydrogen-bond donors (Lipinski definition) is 2. The molecule has 2 N–H and O–H groups in total. The molecule has 1 unspecified atom stereocenters. The van der Waals surface area contributed by atoms with E-state index in [4.69, 9.17) is 4.74 Å². The van der Waals surface area contributed by atoms with Crippen molar-refractivity contribution in [3.63, 3.8) is 0 Å². The number of fused-ring (bicyclic) bond motifs is 1. The summed E-state index contributed by atoms with van der Waals surface area (Å²) in [7, 11) is 0. The van der Waals surface area contributed by atoms with Crippen LogP contribution >= 0.6 is 0 Å². The molecule has 2 aliphatic rings. The zero-order valence-corrected chi connectivity index (χ0v) is 21.6. The maximum Gasteiger partial charge on any atom is 0.280 e. The third kappa shape index (κ3) is 5.86. The Hall–Kier alpha value is -3.37. The highest BCUT2D eigenvalue weighted by molar-refractivity contribution is 6.32. The molecule has 2 aliphatic heterocycles. The molecule has 2 aromatic carbocycles. The second kappa shape index (κ2) is 12.0. The van der Waals surface area contributed by atoms with Crippen LogP contribution in [0.3, 0.4) is 0 Å². The Morgan fingerprint density at radius 2 is 1.92 bits per heavy atom. The van der Waals surface area contributed by atoms with E-state index in [1.807, 2.05) is 35.0 Å². The molecule has 5 rings (SSSR count). The number of aromatic nitrogens is 1. The minimum atomic E-state index is -0.567. The monoisotopic (exact) mass is 519 g/mol. The molecule has 3 heterocycles. The number of nitrogens with one attached hydrogen (secondary N) is 1. The van der Waals surface area contributed by atoms with Crippen LogP contribution in [0.25, 0.3) is 17.0 Å². The minimum Gasteiger partial charge on any atom is -0.390 e. The van der Waals surface area contributed by atoms with Gasteiger partial charge in [-0.2, -0.15) is 10.1 Å². The van der Waals surface area contributed by atoms with Crippen LogP contribution in [0.2, 0.25) is 0 Å². The molecule has 1 aromatic heterocycles. The highest BCUT2D eigenvalue weighted by Gasteiger charge is 2.30. The molecule has 8 nitrogen and oxygen atoms in total. The number of hydrogen-bond acceptors (Lipinski definition) is 6. The summed E-state index contributed by atoms with van der Waals surface area (Å²) < 4.78 is 21.7. The smallest absolute Gasteiger partial charge is 0.280 e. The van der Waals surface area contributed by atoms with E-state index in [1.54, 1.807) is 25.1 Å². The van der Waals surface area contributed by atoms with Gasteiger partial charge in [0.2, 0.25) is 0 Å². The van der Waals surface area contributed by atoms with Crippen molar-refractivity contribution in [3.05, 3.63) is 71.7 Å². The van der Waals surface area contributed by atoms with Crippen molar-refractivity contribution < 1.29 is 19.0 Å². The number of para-hydroxylation sites is 2. The second-order valence-corrected chi connectivity index (χ2v) is 9.73. The summed E-state index contributed by atoms with van der Waals surface area (Å²) in [5.74, 6) is -0.871. The zero-order valence-electron chi connectivity index (χ0n) is 21.6. The van der Waals surface area contributed by atoms with Crippen LogP contribution in [0.4, 0.5) is 10.1 Å². The van der Waals surface area contributed by atoms with E-state index < -0.39 is 11.9 Å². The summed E-state index contributed by atoms with van der Waals surface area (Å²) >= 11 is 0. The Labute approximate surface area is 222 Å². The number of carbonyl (C=O) groups is 1. The molecule has 0 aliphatic carbocycles. The van der Waals surface area contributed by atoms with Gasteiger partial charge in [0.05, 0.1) is 30.6 Å². The minimum absolute atomic E-state index is 0.128. The lowest BCUT2D eigenvalue weighted by Crippen LogP contribution is -2.38. The molecule has 0 spiro atoms. The molecule has 0 saturated carbocycles. The van der Waals surface area contributed by atoms with Gasteiger partial charge in [0.15, 0.2) is 0 Å². The van der Waals surface area contributed by atoms with E-state index in [9.17, 15) is 14.3 Å². The Morgan fingerprint density at radius 1 is 1.16 bits per heavy atom. The normalized spacial score (nSPS) is 18.5. The van der Waals surface area contributed by atoms with Gasteiger partial charge >= 0.3 is 0 Å². The number of anilines is 1. The first-order valence-corrected chi connectivity index (χ1v) is 13.1. The Balaban J connectivity index is 1.25. The fourth-order valence-corrected chi connectivity index (χ4v) is 4.98. The number of ether oxygens (including phenoxy) is 1. The molecule has 1 fully saturated rings. The SMILES string of the molecule is CC1=NN(c2ccccc2F)C(=O)/C1=C/c1cn(CC(O)CNCCCN2CCOCC2)c2ccccc12. The predicted molar refractivity (Wildman–Crippen MR) is 148 cm³/mol. The highest BCUT2D eigenvalue weighted by Crippen LogP contribution is 2.29. The van der Waals surface area contributed by atoms with Gasteiger partial charge < -0.3 is 19.7 Å². The van der Waals surface area contributed by atoms with E-state index in [1.165, 1.54) is 12.1 Å². The number of rotatable bonds is 10. The molecule has 9 heteroatoms. The van der Waals surface area contributed by atoms with Crippen LogP contribution in [0, 0.1) is 5.82 Å². The van der Waals surface area contributed by atoms with E-state index in [-0.39, 0.29) is 11.6 Å². The van der Waals surface area contributed by atoms with E-state index in [0.717, 1.165) is 67.3 Å². The first kappa shape index (κ1) is 26.2. The number of nitrogens with zero attached hydrogens (tertiary/aromatic N) is 4. The lowest BCUT2D eigenvalue weighted by Gasteiger charge is -2.26. The topological polar surface area (TPSA) is 82.3 Å². The fourth-order valence-electron chi connectivity index (χ4n) is 4.98. The van der Waals surface area contributed by atoms with Gasteiger partial charge in [-0.25, -0.2) is 4.39 Å². The maximum absolute atomic E-state index is 14.3. The van der Waals surface area contributed by atoms with Crippen LogP contribution in [-0.2, 0) is 16.1 Å². The molecule has 38 heavy (non-hydrogen) atoms. The molecule has 3 aromatic rings. The summed E-state index contributed by atoms with van der Waals surface area (Å²) in [6.45, 7) is 8.12. The standard InChI is InChI=1S/C29H34FN5O3/c1-21-25(29(37)35(32-21)28-10-5-3-8-26(28)30)17-22-19-34(27-9-4-2-7-24(22)27)20-23(36)18-31-11-6-12-33-13-15-38-16-14-33/h2-5,7-10,17,19,23,31,36H,6,11-16,18,20H2,1H3/b25-17+. The van der Waals surface area contributed by atoms with Crippen molar-refractivity contribution in [2.24, 2.45) is 5.10 Å². The Kier molecular flexibility index (Phi) is 8.29. The fraction of sp³-hybridized carbons (Fsp3) is 0.379.